The molecule has 0 aliphatic heterocycles. The second-order valence-electron chi connectivity index (χ2n) is 11.2. The summed E-state index contributed by atoms with van der Waals surface area (Å²) in [7, 11) is 3.13. The Hall–Kier alpha value is -4.36. The van der Waals surface area contributed by atoms with E-state index in [4.69, 9.17) is 30.2 Å². The number of unbranched alkanes of at least 4 members (excludes halogenated alkanes) is 2. The summed E-state index contributed by atoms with van der Waals surface area (Å²) in [4.78, 5) is 42.1. The Bertz CT molecular complexity index is 1500. The number of halogens is 1. The van der Waals surface area contributed by atoms with Gasteiger partial charge in [-0.25, -0.2) is 0 Å². The van der Waals surface area contributed by atoms with Crippen molar-refractivity contribution in [1.29, 1.82) is 0 Å². The molecule has 0 aliphatic rings. The topological polar surface area (TPSA) is 164 Å². The molecular weight excluding hydrogens is 652 g/mol. The van der Waals surface area contributed by atoms with Crippen LogP contribution >= 0.6 is 12.4 Å². The van der Waals surface area contributed by atoms with Crippen molar-refractivity contribution in [2.75, 3.05) is 70.4 Å². The molecule has 0 unspecified atom stereocenters. The molecule has 0 saturated carbocycles. The van der Waals surface area contributed by atoms with Gasteiger partial charge in [0.25, 0.3) is 11.8 Å². The fourth-order valence-electron chi connectivity index (χ4n) is 4.98. The van der Waals surface area contributed by atoms with E-state index in [0.29, 0.717) is 85.2 Å². The third-order valence-electron chi connectivity index (χ3n) is 7.60. The van der Waals surface area contributed by atoms with E-state index in [9.17, 15) is 14.4 Å². The van der Waals surface area contributed by atoms with Crippen LogP contribution in [0.15, 0.2) is 60.7 Å². The average molecular weight is 701 g/mol. The van der Waals surface area contributed by atoms with E-state index < -0.39 is 0 Å². The molecule has 3 aromatic rings. The minimum Gasteiger partial charge on any atom is -0.495 e. The molecule has 0 aromatic heterocycles. The van der Waals surface area contributed by atoms with Crippen LogP contribution in [0.25, 0.3) is 0 Å². The summed E-state index contributed by atoms with van der Waals surface area (Å²) in [5.41, 5.74) is 8.23. The molecule has 0 spiro atoms. The Morgan fingerprint density at radius 1 is 0.837 bits per heavy atom. The van der Waals surface area contributed by atoms with Crippen LogP contribution in [0, 0.1) is 6.92 Å². The van der Waals surface area contributed by atoms with Crippen molar-refractivity contribution in [3.05, 3.63) is 77.4 Å². The zero-order valence-electron chi connectivity index (χ0n) is 28.5. The number of anilines is 2. The lowest BCUT2D eigenvalue weighted by atomic mass is 10.1. The van der Waals surface area contributed by atoms with Gasteiger partial charge in [-0.2, -0.15) is 0 Å². The first kappa shape index (κ1) is 40.8. The summed E-state index contributed by atoms with van der Waals surface area (Å²) >= 11 is 0. The number of ether oxygens (including phenoxy) is 3. The smallest absolute Gasteiger partial charge is 0.259 e. The highest BCUT2D eigenvalue weighted by Gasteiger charge is 2.21. The minimum atomic E-state index is -0.383. The molecule has 0 heterocycles. The van der Waals surface area contributed by atoms with Crippen LogP contribution in [-0.4, -0.2) is 93.1 Å². The Morgan fingerprint density at radius 3 is 2.22 bits per heavy atom. The first-order valence-electron chi connectivity index (χ1n) is 16.2. The van der Waals surface area contributed by atoms with Gasteiger partial charge in [0.2, 0.25) is 5.91 Å². The van der Waals surface area contributed by atoms with Gasteiger partial charge >= 0.3 is 0 Å². The highest BCUT2D eigenvalue weighted by molar-refractivity contribution is 6.09. The number of aryl methyl sites for hydroxylation is 1. The van der Waals surface area contributed by atoms with Gasteiger partial charge < -0.3 is 45.3 Å². The number of amides is 3. The van der Waals surface area contributed by atoms with Gasteiger partial charge in [0, 0.05) is 32.1 Å². The highest BCUT2D eigenvalue weighted by atomic mass is 35.5. The highest BCUT2D eigenvalue weighted by Crippen LogP contribution is 2.32. The molecule has 3 rings (SSSR count). The normalized spacial score (nSPS) is 10.5. The summed E-state index contributed by atoms with van der Waals surface area (Å²) in [6.45, 7) is 3.34. The number of carbonyl (C=O) groups excluding carboxylic acids is 3. The Kier molecular flexibility index (Phi) is 18.0. The van der Waals surface area contributed by atoms with Crippen molar-refractivity contribution in [1.82, 2.24) is 4.90 Å². The molecule has 0 atom stereocenters. The SMILES string of the molecule is COc1cc(C(=O)N(C)c2ccc(C)cc2OCCCCCC(=O)N(CCO)CCO)ccc1NC(=O)c1ccccc1OCCCN.Cl. The minimum absolute atomic E-state index is 0. The maximum absolute atomic E-state index is 13.6. The van der Waals surface area contributed by atoms with Crippen molar-refractivity contribution >= 4 is 41.5 Å². The van der Waals surface area contributed by atoms with Crippen LogP contribution in [0.4, 0.5) is 11.4 Å². The number of benzene rings is 3. The lowest BCUT2D eigenvalue weighted by Crippen LogP contribution is -2.35. The number of para-hydroxylation sites is 1. The number of aliphatic hydroxyl groups is 2. The van der Waals surface area contributed by atoms with E-state index in [1.807, 2.05) is 25.1 Å². The fraction of sp³-hybridized carbons (Fsp3) is 0.417. The molecule has 5 N–H and O–H groups in total. The second-order valence-corrected chi connectivity index (χ2v) is 11.2. The van der Waals surface area contributed by atoms with Crippen LogP contribution < -0.4 is 30.2 Å². The van der Waals surface area contributed by atoms with Crippen molar-refractivity contribution in [2.45, 2.75) is 39.0 Å². The molecule has 268 valence electrons. The average Bonchev–Trinajstić information content (AvgIpc) is 3.09. The van der Waals surface area contributed by atoms with Gasteiger partial charge in [0.05, 0.1) is 50.5 Å². The molecule has 0 bridgehead atoms. The van der Waals surface area contributed by atoms with Gasteiger partial charge in [0.1, 0.15) is 17.2 Å². The molecule has 0 saturated heterocycles. The summed E-state index contributed by atoms with van der Waals surface area (Å²) < 4.78 is 17.4. The lowest BCUT2D eigenvalue weighted by Gasteiger charge is -2.22. The Morgan fingerprint density at radius 2 is 1.53 bits per heavy atom. The van der Waals surface area contributed by atoms with E-state index in [-0.39, 0.29) is 56.4 Å². The number of hydrogen-bond donors (Lipinski definition) is 4. The zero-order valence-corrected chi connectivity index (χ0v) is 29.3. The first-order chi connectivity index (χ1) is 23.2. The third-order valence-corrected chi connectivity index (χ3v) is 7.60. The quantitative estimate of drug-likeness (QED) is 0.125. The van der Waals surface area contributed by atoms with Crippen LogP contribution in [0.5, 0.6) is 17.2 Å². The van der Waals surface area contributed by atoms with E-state index in [1.165, 1.54) is 16.9 Å². The van der Waals surface area contributed by atoms with Crippen molar-refractivity contribution in [3.63, 3.8) is 0 Å². The molecule has 49 heavy (non-hydrogen) atoms. The molecule has 0 radical (unpaired) electrons. The number of hydrogen-bond acceptors (Lipinski definition) is 9. The van der Waals surface area contributed by atoms with Gasteiger partial charge in [0.15, 0.2) is 0 Å². The van der Waals surface area contributed by atoms with Gasteiger partial charge in [-0.15, -0.1) is 12.4 Å². The summed E-state index contributed by atoms with van der Waals surface area (Å²) in [5, 5.41) is 21.1. The van der Waals surface area contributed by atoms with E-state index in [1.54, 1.807) is 49.5 Å². The first-order valence-corrected chi connectivity index (χ1v) is 16.2. The number of nitrogens with one attached hydrogen (secondary N) is 1. The number of rotatable bonds is 20. The summed E-state index contributed by atoms with van der Waals surface area (Å²) in [6.07, 6.45) is 3.10. The standard InChI is InChI=1S/C36H48N4O8.ClH/c1-26-13-16-30(33(24-26)48-22-8-4-5-12-34(43)40(18-20-41)19-21-42)39(2)36(45)27-14-15-29(32(25-27)46-3)38-35(44)28-10-6-7-11-31(28)47-23-9-17-37;/h6-7,10-11,13-16,24-25,41-42H,4-5,8-9,12,17-23,37H2,1-3H3,(H,38,44);1H. The molecule has 0 aliphatic carbocycles. The molecule has 0 fully saturated rings. The monoisotopic (exact) mass is 700 g/mol. The van der Waals surface area contributed by atoms with Crippen molar-refractivity contribution in [3.8, 4) is 17.2 Å². The number of methoxy groups -OCH3 is 1. The fourth-order valence-corrected chi connectivity index (χ4v) is 4.98. The van der Waals surface area contributed by atoms with Gasteiger partial charge in [-0.05, 0) is 87.2 Å². The lowest BCUT2D eigenvalue weighted by molar-refractivity contribution is -0.132. The summed E-state index contributed by atoms with van der Waals surface area (Å²) in [6, 6.07) is 17.4. The largest absolute Gasteiger partial charge is 0.495 e. The maximum Gasteiger partial charge on any atom is 0.259 e. The predicted molar refractivity (Wildman–Crippen MR) is 192 cm³/mol. The van der Waals surface area contributed by atoms with Crippen molar-refractivity contribution in [2.24, 2.45) is 5.73 Å². The summed E-state index contributed by atoms with van der Waals surface area (Å²) in [5.74, 6) is 0.544. The second kappa shape index (κ2) is 21.6. The van der Waals surface area contributed by atoms with Crippen LogP contribution in [0.1, 0.15) is 58.4 Å². The van der Waals surface area contributed by atoms with E-state index >= 15 is 0 Å². The maximum atomic E-state index is 13.6. The number of carbonyl (C=O) groups is 3. The van der Waals surface area contributed by atoms with Crippen molar-refractivity contribution < 1.29 is 38.8 Å². The van der Waals surface area contributed by atoms with Crippen LogP contribution in [0.2, 0.25) is 0 Å². The number of nitrogens with zero attached hydrogens (tertiary/aromatic N) is 2. The predicted octanol–water partition coefficient (Wildman–Crippen LogP) is 4.43. The molecule has 3 aromatic carbocycles. The molecule has 12 nitrogen and oxygen atoms in total. The van der Waals surface area contributed by atoms with Crippen LogP contribution in [-0.2, 0) is 4.79 Å². The van der Waals surface area contributed by atoms with E-state index in [0.717, 1.165) is 12.0 Å². The third kappa shape index (κ3) is 12.2. The molecular formula is C36H49ClN4O8. The zero-order chi connectivity index (χ0) is 34.9. The number of aliphatic hydroxyl groups excluding tert-OH is 2. The van der Waals surface area contributed by atoms with Gasteiger partial charge in [-0.1, -0.05) is 18.2 Å². The Labute approximate surface area is 294 Å². The Balaban J connectivity index is 0.00000833. The van der Waals surface area contributed by atoms with E-state index in [2.05, 4.69) is 5.32 Å². The van der Waals surface area contributed by atoms with Crippen LogP contribution in [0.3, 0.4) is 0 Å². The molecule has 13 heteroatoms. The number of nitrogens with two attached hydrogens (primary N) is 1. The van der Waals surface area contributed by atoms with Gasteiger partial charge in [-0.3, -0.25) is 14.4 Å². The molecule has 3 amide bonds.